The summed E-state index contributed by atoms with van der Waals surface area (Å²) in [7, 11) is -1.28. The summed E-state index contributed by atoms with van der Waals surface area (Å²) in [4.78, 5) is 18.5. The Morgan fingerprint density at radius 1 is 1.39 bits per heavy atom. The average molecular weight is 335 g/mol. The van der Waals surface area contributed by atoms with Crippen molar-refractivity contribution >= 4 is 26.8 Å². The van der Waals surface area contributed by atoms with Crippen molar-refractivity contribution in [3.05, 3.63) is 30.1 Å². The fourth-order valence-electron chi connectivity index (χ4n) is 3.15. The Hall–Kier alpha value is -1.89. The van der Waals surface area contributed by atoms with Gasteiger partial charge in [0.1, 0.15) is 5.82 Å². The van der Waals surface area contributed by atoms with Gasteiger partial charge in [0.05, 0.1) is 22.5 Å². The Balaban J connectivity index is 1.68. The summed E-state index contributed by atoms with van der Waals surface area (Å²) in [6.45, 7) is 2.48. The number of imidazole rings is 1. The summed E-state index contributed by atoms with van der Waals surface area (Å²) in [6, 6.07) is 7.66. The summed E-state index contributed by atoms with van der Waals surface area (Å²) in [6.07, 6.45) is 0.881. The molecular weight excluding hydrogens is 314 g/mol. The summed E-state index contributed by atoms with van der Waals surface area (Å²) in [5.41, 5.74) is 1.94. The number of sulfone groups is 1. The first-order valence-corrected chi connectivity index (χ1v) is 9.57. The molecule has 0 radical (unpaired) electrons. The van der Waals surface area contributed by atoms with E-state index in [0.29, 0.717) is 19.4 Å². The predicted molar refractivity (Wildman–Crippen MR) is 88.9 cm³/mol. The zero-order chi connectivity index (χ0) is 16.6. The number of rotatable bonds is 4. The number of amides is 1. The van der Waals surface area contributed by atoms with E-state index in [1.165, 1.54) is 0 Å². The van der Waals surface area contributed by atoms with Gasteiger partial charge in [-0.3, -0.25) is 4.79 Å². The van der Waals surface area contributed by atoms with E-state index in [-0.39, 0.29) is 23.5 Å². The third kappa shape index (κ3) is 3.24. The van der Waals surface area contributed by atoms with Crippen LogP contribution in [-0.2, 0) is 21.2 Å². The molecule has 7 heteroatoms. The largest absolute Gasteiger partial charge is 0.342 e. The van der Waals surface area contributed by atoms with Crippen LogP contribution in [0.5, 0.6) is 0 Å². The number of aromatic nitrogens is 2. The smallest absolute Gasteiger partial charge is 0.224 e. The molecule has 124 valence electrons. The van der Waals surface area contributed by atoms with Crippen LogP contribution in [0, 0.1) is 6.92 Å². The summed E-state index contributed by atoms with van der Waals surface area (Å²) >= 11 is 0. The topological polar surface area (TPSA) is 72.3 Å². The van der Waals surface area contributed by atoms with E-state index in [1.807, 2.05) is 35.8 Å². The first-order chi connectivity index (χ1) is 10.9. The number of aryl methyl sites for hydroxylation is 2. The molecule has 2 aromatic rings. The minimum atomic E-state index is -2.98. The van der Waals surface area contributed by atoms with Gasteiger partial charge in [-0.2, -0.15) is 0 Å². The highest BCUT2D eigenvalue weighted by Crippen LogP contribution is 2.19. The van der Waals surface area contributed by atoms with E-state index < -0.39 is 9.84 Å². The van der Waals surface area contributed by atoms with Crippen LogP contribution in [0.2, 0.25) is 0 Å². The molecule has 1 amide bonds. The van der Waals surface area contributed by atoms with Crippen molar-refractivity contribution < 1.29 is 13.2 Å². The van der Waals surface area contributed by atoms with E-state index >= 15 is 0 Å². The zero-order valence-electron chi connectivity index (χ0n) is 13.4. The molecule has 1 aromatic carbocycles. The Labute approximate surface area is 136 Å². The SMILES string of the molecule is Cc1nc2ccccc2n1CCC(=O)N(C)[C@@H]1CCS(=O)(=O)C1. The van der Waals surface area contributed by atoms with E-state index in [0.717, 1.165) is 16.9 Å². The Bertz CT molecular complexity index is 841. The van der Waals surface area contributed by atoms with E-state index in [9.17, 15) is 13.2 Å². The van der Waals surface area contributed by atoms with Gasteiger partial charge in [0.25, 0.3) is 0 Å². The number of carbonyl (C=O) groups excluding carboxylic acids is 1. The summed E-state index contributed by atoms with van der Waals surface area (Å²) < 4.78 is 25.1. The lowest BCUT2D eigenvalue weighted by Gasteiger charge is -2.23. The second kappa shape index (κ2) is 5.96. The van der Waals surface area contributed by atoms with Crippen LogP contribution in [0.1, 0.15) is 18.7 Å². The number of benzene rings is 1. The molecule has 2 heterocycles. The van der Waals surface area contributed by atoms with Crippen LogP contribution in [0.4, 0.5) is 0 Å². The number of hydrogen-bond acceptors (Lipinski definition) is 4. The minimum absolute atomic E-state index is 0.0238. The highest BCUT2D eigenvalue weighted by Gasteiger charge is 2.32. The summed E-state index contributed by atoms with van der Waals surface area (Å²) in [5, 5.41) is 0. The molecule has 1 aliphatic heterocycles. The van der Waals surface area contributed by atoms with Crippen LogP contribution in [-0.4, -0.2) is 53.4 Å². The molecule has 6 nitrogen and oxygen atoms in total. The van der Waals surface area contributed by atoms with Crippen LogP contribution in [0.15, 0.2) is 24.3 Å². The molecule has 1 aliphatic rings. The quantitative estimate of drug-likeness (QED) is 0.846. The Morgan fingerprint density at radius 3 is 2.83 bits per heavy atom. The number of fused-ring (bicyclic) bond motifs is 1. The average Bonchev–Trinajstić information content (AvgIpc) is 3.03. The number of para-hydroxylation sites is 2. The van der Waals surface area contributed by atoms with Gasteiger partial charge in [-0.15, -0.1) is 0 Å². The summed E-state index contributed by atoms with van der Waals surface area (Å²) in [5.74, 6) is 1.12. The van der Waals surface area contributed by atoms with Gasteiger partial charge in [-0.1, -0.05) is 12.1 Å². The van der Waals surface area contributed by atoms with Gasteiger partial charge in [-0.25, -0.2) is 13.4 Å². The molecule has 1 fully saturated rings. The lowest BCUT2D eigenvalue weighted by molar-refractivity contribution is -0.131. The Kier molecular flexibility index (Phi) is 4.14. The number of nitrogens with zero attached hydrogens (tertiary/aromatic N) is 3. The van der Waals surface area contributed by atoms with Gasteiger partial charge >= 0.3 is 0 Å². The van der Waals surface area contributed by atoms with E-state index in [4.69, 9.17) is 0 Å². The maximum Gasteiger partial charge on any atom is 0.224 e. The molecule has 0 N–H and O–H groups in total. The second-order valence-electron chi connectivity index (χ2n) is 6.11. The molecular formula is C16H21N3O3S. The lowest BCUT2D eigenvalue weighted by atomic mass is 10.2. The second-order valence-corrected chi connectivity index (χ2v) is 8.34. The molecule has 0 spiro atoms. The maximum absolute atomic E-state index is 12.4. The van der Waals surface area contributed by atoms with Gasteiger partial charge in [0, 0.05) is 26.1 Å². The highest BCUT2D eigenvalue weighted by molar-refractivity contribution is 7.91. The van der Waals surface area contributed by atoms with Crippen molar-refractivity contribution in [1.29, 1.82) is 0 Å². The van der Waals surface area contributed by atoms with Crippen LogP contribution >= 0.6 is 0 Å². The number of carbonyl (C=O) groups is 1. The van der Waals surface area contributed by atoms with Crippen molar-refractivity contribution in [1.82, 2.24) is 14.5 Å². The predicted octanol–water partition coefficient (Wildman–Crippen LogP) is 1.38. The van der Waals surface area contributed by atoms with Gasteiger partial charge in [0.15, 0.2) is 9.84 Å². The molecule has 1 saturated heterocycles. The molecule has 0 bridgehead atoms. The standard InChI is InChI=1S/C16H21N3O3S/c1-12-17-14-5-3-4-6-15(14)19(12)9-7-16(20)18(2)13-8-10-23(21,22)11-13/h3-6,13H,7-11H2,1-2H3/t13-/m1/s1. The first kappa shape index (κ1) is 16.0. The van der Waals surface area contributed by atoms with Crippen molar-refractivity contribution in [3.8, 4) is 0 Å². The van der Waals surface area contributed by atoms with Crippen LogP contribution in [0.3, 0.4) is 0 Å². The van der Waals surface area contributed by atoms with E-state index in [2.05, 4.69) is 4.98 Å². The molecule has 0 unspecified atom stereocenters. The fraction of sp³-hybridized carbons (Fsp3) is 0.500. The first-order valence-electron chi connectivity index (χ1n) is 7.75. The van der Waals surface area contributed by atoms with Gasteiger partial charge in [-0.05, 0) is 25.5 Å². The van der Waals surface area contributed by atoms with Crippen LogP contribution < -0.4 is 0 Å². The molecule has 0 saturated carbocycles. The minimum Gasteiger partial charge on any atom is -0.342 e. The third-order valence-electron chi connectivity index (χ3n) is 4.54. The zero-order valence-corrected chi connectivity index (χ0v) is 14.2. The normalized spacial score (nSPS) is 20.0. The maximum atomic E-state index is 12.4. The Morgan fingerprint density at radius 2 is 2.13 bits per heavy atom. The van der Waals surface area contributed by atoms with E-state index in [1.54, 1.807) is 11.9 Å². The third-order valence-corrected chi connectivity index (χ3v) is 6.29. The molecule has 23 heavy (non-hydrogen) atoms. The molecule has 1 atom stereocenters. The molecule has 1 aromatic heterocycles. The lowest BCUT2D eigenvalue weighted by Crippen LogP contribution is -2.38. The molecule has 3 rings (SSSR count). The van der Waals surface area contributed by atoms with Crippen molar-refractivity contribution in [2.45, 2.75) is 32.4 Å². The number of hydrogen-bond donors (Lipinski definition) is 0. The van der Waals surface area contributed by atoms with Crippen LogP contribution in [0.25, 0.3) is 11.0 Å². The van der Waals surface area contributed by atoms with Crippen molar-refractivity contribution in [2.24, 2.45) is 0 Å². The van der Waals surface area contributed by atoms with Gasteiger partial charge < -0.3 is 9.47 Å². The van der Waals surface area contributed by atoms with Crippen molar-refractivity contribution in [2.75, 3.05) is 18.6 Å². The monoisotopic (exact) mass is 335 g/mol. The van der Waals surface area contributed by atoms with Gasteiger partial charge in [0.2, 0.25) is 5.91 Å². The highest BCUT2D eigenvalue weighted by atomic mass is 32.2. The van der Waals surface area contributed by atoms with Crippen molar-refractivity contribution in [3.63, 3.8) is 0 Å². The molecule has 0 aliphatic carbocycles. The fourth-order valence-corrected chi connectivity index (χ4v) is 4.92.